The number of nitrogens with one attached hydrogen (secondary N) is 1. The zero-order valence-electron chi connectivity index (χ0n) is 9.76. The highest BCUT2D eigenvalue weighted by atomic mass is 79.9. The minimum Gasteiger partial charge on any atom is -0.467 e. The zero-order chi connectivity index (χ0) is 14.6. The Morgan fingerprint density at radius 3 is 2.74 bits per heavy atom. The van der Waals surface area contributed by atoms with E-state index in [2.05, 4.69) is 25.4 Å². The van der Waals surface area contributed by atoms with Crippen molar-refractivity contribution in [3.63, 3.8) is 0 Å². The summed E-state index contributed by atoms with van der Waals surface area (Å²) in [6, 6.07) is 4.24. The lowest BCUT2D eigenvalue weighted by molar-refractivity contribution is -0.149. The second kappa shape index (κ2) is 6.67. The van der Waals surface area contributed by atoms with Crippen molar-refractivity contribution < 1.29 is 23.1 Å². The summed E-state index contributed by atoms with van der Waals surface area (Å²) in [6.07, 6.45) is -1.58. The molecule has 0 radical (unpaired) electrons. The predicted molar refractivity (Wildman–Crippen MR) is 72.4 cm³/mol. The maximum absolute atomic E-state index is 11.9. The Balaban J connectivity index is 2.85. The van der Waals surface area contributed by atoms with Gasteiger partial charge in [0.15, 0.2) is 6.10 Å². The largest absolute Gasteiger partial charge is 0.467 e. The van der Waals surface area contributed by atoms with Crippen LogP contribution in [0.15, 0.2) is 27.6 Å². The van der Waals surface area contributed by atoms with Crippen molar-refractivity contribution in [2.24, 2.45) is 0 Å². The van der Waals surface area contributed by atoms with E-state index in [0.717, 1.165) is 7.11 Å². The first-order chi connectivity index (χ1) is 8.77. The molecule has 0 saturated heterocycles. The average Bonchev–Trinajstić information content (AvgIpc) is 2.34. The van der Waals surface area contributed by atoms with Crippen LogP contribution < -0.4 is 4.72 Å². The van der Waals surface area contributed by atoms with Gasteiger partial charge in [-0.3, -0.25) is 0 Å². The average molecular weight is 373 g/mol. The minimum atomic E-state index is -3.92. The third kappa shape index (κ3) is 4.43. The first-order valence-corrected chi connectivity index (χ1v) is 7.64. The number of hydrogen-bond acceptors (Lipinski definition) is 5. The molecule has 0 heterocycles. The van der Waals surface area contributed by atoms with E-state index in [0.29, 0.717) is 4.47 Å². The van der Waals surface area contributed by atoms with Gasteiger partial charge in [-0.25, -0.2) is 17.9 Å². The van der Waals surface area contributed by atoms with Crippen LogP contribution in [0.25, 0.3) is 0 Å². The molecule has 0 spiro atoms. The van der Waals surface area contributed by atoms with Gasteiger partial charge in [-0.05, 0) is 18.2 Å². The molecule has 9 heteroatoms. The molecular formula is C10H11BrClNO5S. The molecule has 1 aromatic rings. The maximum Gasteiger partial charge on any atom is 0.336 e. The van der Waals surface area contributed by atoms with Crippen LogP contribution in [0.1, 0.15) is 0 Å². The summed E-state index contributed by atoms with van der Waals surface area (Å²) in [5.41, 5.74) is 0. The molecule has 1 aromatic carbocycles. The lowest BCUT2D eigenvalue weighted by Crippen LogP contribution is -2.37. The number of benzene rings is 1. The maximum atomic E-state index is 11.9. The summed E-state index contributed by atoms with van der Waals surface area (Å²) in [5, 5.41) is 9.32. The molecule has 1 unspecified atom stereocenters. The number of rotatable bonds is 5. The monoisotopic (exact) mass is 371 g/mol. The van der Waals surface area contributed by atoms with Crippen molar-refractivity contribution in [1.29, 1.82) is 0 Å². The van der Waals surface area contributed by atoms with E-state index in [1.807, 2.05) is 0 Å². The number of ether oxygens (including phenoxy) is 1. The molecule has 0 bridgehead atoms. The Hall–Kier alpha value is -0.670. The second-order valence-corrected chi connectivity index (χ2v) is 6.52. The SMILES string of the molecule is COC(=O)C(O)CNS(=O)(=O)c1ccc(Br)cc1Cl. The van der Waals surface area contributed by atoms with Crippen LogP contribution in [-0.2, 0) is 19.6 Å². The van der Waals surface area contributed by atoms with Gasteiger partial charge in [0.2, 0.25) is 10.0 Å². The van der Waals surface area contributed by atoms with E-state index in [1.54, 1.807) is 0 Å². The van der Waals surface area contributed by atoms with Crippen LogP contribution >= 0.6 is 27.5 Å². The minimum absolute atomic E-state index is 0.0226. The van der Waals surface area contributed by atoms with Gasteiger partial charge < -0.3 is 9.84 Å². The molecule has 0 aliphatic heterocycles. The van der Waals surface area contributed by atoms with Crippen LogP contribution in [0.3, 0.4) is 0 Å². The molecule has 0 aliphatic carbocycles. The molecule has 0 amide bonds. The standard InChI is InChI=1S/C10H11BrClNO5S/c1-18-10(15)8(14)5-13-19(16,17)9-3-2-6(11)4-7(9)12/h2-4,8,13-14H,5H2,1H3. The number of sulfonamides is 1. The number of aliphatic hydroxyl groups is 1. The number of carbonyl (C=O) groups excluding carboxylic acids is 1. The number of aliphatic hydroxyl groups excluding tert-OH is 1. The van der Waals surface area contributed by atoms with Gasteiger partial charge in [-0.2, -0.15) is 0 Å². The van der Waals surface area contributed by atoms with Crippen LogP contribution in [0.4, 0.5) is 0 Å². The highest BCUT2D eigenvalue weighted by molar-refractivity contribution is 9.10. The Labute approximate surface area is 123 Å². The van der Waals surface area contributed by atoms with Gasteiger partial charge in [0, 0.05) is 11.0 Å². The highest BCUT2D eigenvalue weighted by Crippen LogP contribution is 2.24. The quantitative estimate of drug-likeness (QED) is 0.750. The smallest absolute Gasteiger partial charge is 0.336 e. The van der Waals surface area contributed by atoms with Crippen LogP contribution in [0.5, 0.6) is 0 Å². The number of carbonyl (C=O) groups is 1. The Morgan fingerprint density at radius 2 is 2.21 bits per heavy atom. The van der Waals surface area contributed by atoms with Gasteiger partial charge in [-0.15, -0.1) is 0 Å². The topological polar surface area (TPSA) is 92.7 Å². The molecule has 0 fully saturated rings. The van der Waals surface area contributed by atoms with Gasteiger partial charge in [0.25, 0.3) is 0 Å². The fourth-order valence-electron chi connectivity index (χ4n) is 1.18. The van der Waals surface area contributed by atoms with Crippen molar-refractivity contribution in [1.82, 2.24) is 4.72 Å². The fraction of sp³-hybridized carbons (Fsp3) is 0.300. The van der Waals surface area contributed by atoms with Gasteiger partial charge >= 0.3 is 5.97 Å². The predicted octanol–water partition coefficient (Wildman–Crippen LogP) is 0.915. The van der Waals surface area contributed by atoms with Gasteiger partial charge in [0.05, 0.1) is 12.1 Å². The Bertz CT molecular complexity index is 577. The Kier molecular flexibility index (Phi) is 5.75. The van der Waals surface area contributed by atoms with E-state index in [4.69, 9.17) is 11.6 Å². The van der Waals surface area contributed by atoms with E-state index in [9.17, 15) is 18.3 Å². The van der Waals surface area contributed by atoms with Crippen molar-refractivity contribution >= 4 is 43.5 Å². The number of halogens is 2. The molecule has 6 nitrogen and oxygen atoms in total. The molecule has 1 rings (SSSR count). The van der Waals surface area contributed by atoms with Gasteiger partial charge in [-0.1, -0.05) is 27.5 Å². The first-order valence-electron chi connectivity index (χ1n) is 4.98. The highest BCUT2D eigenvalue weighted by Gasteiger charge is 2.22. The second-order valence-electron chi connectivity index (χ2n) is 3.47. The zero-order valence-corrected chi connectivity index (χ0v) is 12.9. The lowest BCUT2D eigenvalue weighted by Gasteiger charge is -2.11. The van der Waals surface area contributed by atoms with Crippen LogP contribution in [-0.4, -0.2) is 39.3 Å². The number of methoxy groups -OCH3 is 1. The van der Waals surface area contributed by atoms with Gasteiger partial charge in [0.1, 0.15) is 4.90 Å². The van der Waals surface area contributed by atoms with E-state index < -0.39 is 28.6 Å². The van der Waals surface area contributed by atoms with Crippen LogP contribution in [0, 0.1) is 0 Å². The molecule has 0 aliphatic rings. The molecule has 0 aromatic heterocycles. The molecular weight excluding hydrogens is 362 g/mol. The van der Waals surface area contributed by atoms with Crippen molar-refractivity contribution in [3.8, 4) is 0 Å². The van der Waals surface area contributed by atoms with E-state index in [1.165, 1.54) is 18.2 Å². The first kappa shape index (κ1) is 16.4. The summed E-state index contributed by atoms with van der Waals surface area (Å²) in [7, 11) is -2.83. The fourth-order valence-corrected chi connectivity index (χ4v) is 3.25. The lowest BCUT2D eigenvalue weighted by atomic mass is 10.4. The van der Waals surface area contributed by atoms with E-state index >= 15 is 0 Å². The molecule has 19 heavy (non-hydrogen) atoms. The molecule has 106 valence electrons. The third-order valence-electron chi connectivity index (χ3n) is 2.12. The summed E-state index contributed by atoms with van der Waals surface area (Å²) in [4.78, 5) is 10.8. The van der Waals surface area contributed by atoms with Crippen molar-refractivity contribution in [2.75, 3.05) is 13.7 Å². The van der Waals surface area contributed by atoms with Crippen molar-refractivity contribution in [3.05, 3.63) is 27.7 Å². The number of hydrogen-bond donors (Lipinski definition) is 2. The molecule has 0 saturated carbocycles. The van der Waals surface area contributed by atoms with Crippen LogP contribution in [0.2, 0.25) is 5.02 Å². The summed E-state index contributed by atoms with van der Waals surface area (Å²) in [6.45, 7) is -0.499. The molecule has 1 atom stereocenters. The van der Waals surface area contributed by atoms with Crippen molar-refractivity contribution in [2.45, 2.75) is 11.0 Å². The molecule has 2 N–H and O–H groups in total. The normalized spacial score (nSPS) is 13.1. The van der Waals surface area contributed by atoms with E-state index in [-0.39, 0.29) is 9.92 Å². The third-order valence-corrected chi connectivity index (χ3v) is 4.52. The number of esters is 1. The summed E-state index contributed by atoms with van der Waals surface area (Å²) < 4.78 is 30.8. The summed E-state index contributed by atoms with van der Waals surface area (Å²) >= 11 is 8.97. The summed E-state index contributed by atoms with van der Waals surface area (Å²) in [5.74, 6) is -0.926. The Morgan fingerprint density at radius 1 is 1.58 bits per heavy atom.